The standard InChI is InChI=1S/C17H15NO2/c1-19-14-8-5-7-12(10-14)15-11-13-6-3-4-9-16(13)18-17(15)20-2/h3-11H,1-2H3. The summed E-state index contributed by atoms with van der Waals surface area (Å²) < 4.78 is 10.7. The number of benzene rings is 2. The molecule has 0 aliphatic rings. The lowest BCUT2D eigenvalue weighted by atomic mass is 10.0. The summed E-state index contributed by atoms with van der Waals surface area (Å²) in [7, 11) is 3.30. The van der Waals surface area contributed by atoms with Gasteiger partial charge in [0.2, 0.25) is 5.88 Å². The Balaban J connectivity index is 2.22. The number of pyridine rings is 1. The number of hydrogen-bond acceptors (Lipinski definition) is 3. The maximum absolute atomic E-state index is 5.43. The lowest BCUT2D eigenvalue weighted by Gasteiger charge is -2.10. The van der Waals surface area contributed by atoms with Gasteiger partial charge in [0.15, 0.2) is 0 Å². The molecule has 20 heavy (non-hydrogen) atoms. The van der Waals surface area contributed by atoms with E-state index in [-0.39, 0.29) is 0 Å². The monoisotopic (exact) mass is 265 g/mol. The quantitative estimate of drug-likeness (QED) is 0.719. The molecule has 1 aromatic heterocycles. The number of hydrogen-bond donors (Lipinski definition) is 0. The van der Waals surface area contributed by atoms with Crippen molar-refractivity contribution in [3.8, 4) is 22.8 Å². The van der Waals surface area contributed by atoms with E-state index in [1.807, 2.05) is 48.5 Å². The number of para-hydroxylation sites is 1. The van der Waals surface area contributed by atoms with Crippen LogP contribution in [0.5, 0.6) is 11.6 Å². The molecule has 0 bridgehead atoms. The van der Waals surface area contributed by atoms with Gasteiger partial charge in [-0.1, -0.05) is 30.3 Å². The highest BCUT2D eigenvalue weighted by Gasteiger charge is 2.10. The van der Waals surface area contributed by atoms with Crippen molar-refractivity contribution < 1.29 is 9.47 Å². The van der Waals surface area contributed by atoms with Crippen LogP contribution in [0.15, 0.2) is 54.6 Å². The SMILES string of the molecule is COc1cccc(-c2cc3ccccc3nc2OC)c1. The smallest absolute Gasteiger partial charge is 0.221 e. The molecule has 2 aromatic carbocycles. The third-order valence-electron chi connectivity index (χ3n) is 3.26. The van der Waals surface area contributed by atoms with Crippen molar-refractivity contribution in [3.05, 3.63) is 54.6 Å². The Morgan fingerprint density at radius 2 is 1.70 bits per heavy atom. The van der Waals surface area contributed by atoms with Crippen LogP contribution in [0.1, 0.15) is 0 Å². The van der Waals surface area contributed by atoms with Crippen molar-refractivity contribution in [3.63, 3.8) is 0 Å². The number of nitrogens with zero attached hydrogens (tertiary/aromatic N) is 1. The number of fused-ring (bicyclic) bond motifs is 1. The molecule has 0 amide bonds. The van der Waals surface area contributed by atoms with E-state index in [9.17, 15) is 0 Å². The van der Waals surface area contributed by atoms with E-state index in [1.54, 1.807) is 14.2 Å². The van der Waals surface area contributed by atoms with E-state index in [4.69, 9.17) is 9.47 Å². The minimum atomic E-state index is 0.622. The molecule has 1 heterocycles. The second kappa shape index (κ2) is 5.21. The van der Waals surface area contributed by atoms with Gasteiger partial charge in [-0.05, 0) is 29.8 Å². The molecule has 0 radical (unpaired) electrons. The van der Waals surface area contributed by atoms with Gasteiger partial charge in [0.25, 0.3) is 0 Å². The molecule has 0 aliphatic carbocycles. The van der Waals surface area contributed by atoms with Gasteiger partial charge in [0, 0.05) is 10.9 Å². The first kappa shape index (κ1) is 12.5. The largest absolute Gasteiger partial charge is 0.497 e. The number of methoxy groups -OCH3 is 2. The highest BCUT2D eigenvalue weighted by atomic mass is 16.5. The average Bonchev–Trinajstić information content (AvgIpc) is 2.53. The Bertz CT molecular complexity index is 753. The molecular weight excluding hydrogens is 250 g/mol. The summed E-state index contributed by atoms with van der Waals surface area (Å²) in [5.74, 6) is 1.44. The zero-order chi connectivity index (χ0) is 13.9. The van der Waals surface area contributed by atoms with Crippen molar-refractivity contribution in [2.45, 2.75) is 0 Å². The van der Waals surface area contributed by atoms with Gasteiger partial charge in [0.1, 0.15) is 5.75 Å². The lowest BCUT2D eigenvalue weighted by Crippen LogP contribution is -1.93. The molecule has 0 saturated heterocycles. The maximum Gasteiger partial charge on any atom is 0.221 e. The van der Waals surface area contributed by atoms with Gasteiger partial charge in [-0.3, -0.25) is 0 Å². The zero-order valence-corrected chi connectivity index (χ0v) is 11.5. The normalized spacial score (nSPS) is 10.5. The van der Waals surface area contributed by atoms with Gasteiger partial charge in [-0.25, -0.2) is 4.98 Å². The molecule has 0 atom stereocenters. The number of aromatic nitrogens is 1. The van der Waals surface area contributed by atoms with E-state index in [1.165, 1.54) is 0 Å². The number of rotatable bonds is 3. The molecule has 3 nitrogen and oxygen atoms in total. The molecule has 3 rings (SSSR count). The van der Waals surface area contributed by atoms with Crippen molar-refractivity contribution in [2.75, 3.05) is 14.2 Å². The molecule has 0 saturated carbocycles. The topological polar surface area (TPSA) is 31.4 Å². The van der Waals surface area contributed by atoms with Crippen LogP contribution in [0.4, 0.5) is 0 Å². The minimum Gasteiger partial charge on any atom is -0.497 e. The zero-order valence-electron chi connectivity index (χ0n) is 11.5. The minimum absolute atomic E-state index is 0.622. The van der Waals surface area contributed by atoms with Gasteiger partial charge in [-0.15, -0.1) is 0 Å². The van der Waals surface area contributed by atoms with Gasteiger partial charge >= 0.3 is 0 Å². The van der Waals surface area contributed by atoms with Gasteiger partial charge < -0.3 is 9.47 Å². The summed E-state index contributed by atoms with van der Waals surface area (Å²) >= 11 is 0. The third kappa shape index (κ3) is 2.18. The van der Waals surface area contributed by atoms with Crippen LogP contribution in [-0.2, 0) is 0 Å². The fourth-order valence-corrected chi connectivity index (χ4v) is 2.25. The Hall–Kier alpha value is -2.55. The summed E-state index contributed by atoms with van der Waals surface area (Å²) in [4.78, 5) is 4.56. The van der Waals surface area contributed by atoms with Gasteiger partial charge in [-0.2, -0.15) is 0 Å². The maximum atomic E-state index is 5.43. The molecule has 0 N–H and O–H groups in total. The predicted molar refractivity (Wildman–Crippen MR) is 80.3 cm³/mol. The summed E-state index contributed by atoms with van der Waals surface area (Å²) in [6.45, 7) is 0. The first-order chi connectivity index (χ1) is 9.81. The van der Waals surface area contributed by atoms with Crippen LogP contribution < -0.4 is 9.47 Å². The van der Waals surface area contributed by atoms with E-state index < -0.39 is 0 Å². The van der Waals surface area contributed by atoms with E-state index in [0.29, 0.717) is 5.88 Å². The van der Waals surface area contributed by atoms with Gasteiger partial charge in [0.05, 0.1) is 19.7 Å². The molecule has 100 valence electrons. The fourth-order valence-electron chi connectivity index (χ4n) is 2.25. The van der Waals surface area contributed by atoms with Crippen LogP contribution in [0.3, 0.4) is 0 Å². The summed E-state index contributed by atoms with van der Waals surface area (Å²) in [6, 6.07) is 18.0. The van der Waals surface area contributed by atoms with Crippen LogP contribution in [0, 0.1) is 0 Å². The van der Waals surface area contributed by atoms with Crippen molar-refractivity contribution >= 4 is 10.9 Å². The molecule has 3 heteroatoms. The first-order valence-electron chi connectivity index (χ1n) is 6.40. The molecular formula is C17H15NO2. The first-order valence-corrected chi connectivity index (χ1v) is 6.40. The molecule has 0 unspecified atom stereocenters. The predicted octanol–water partition coefficient (Wildman–Crippen LogP) is 3.92. The molecule has 0 spiro atoms. The Kier molecular flexibility index (Phi) is 3.25. The van der Waals surface area contributed by atoms with E-state index in [2.05, 4.69) is 11.1 Å². The van der Waals surface area contributed by atoms with Crippen molar-refractivity contribution in [2.24, 2.45) is 0 Å². The lowest BCUT2D eigenvalue weighted by molar-refractivity contribution is 0.401. The highest BCUT2D eigenvalue weighted by Crippen LogP contribution is 2.33. The number of ether oxygens (including phenoxy) is 2. The second-order valence-corrected chi connectivity index (χ2v) is 4.47. The van der Waals surface area contributed by atoms with E-state index >= 15 is 0 Å². The fraction of sp³-hybridized carbons (Fsp3) is 0.118. The van der Waals surface area contributed by atoms with Crippen LogP contribution in [-0.4, -0.2) is 19.2 Å². The summed E-state index contributed by atoms with van der Waals surface area (Å²) in [5.41, 5.74) is 2.92. The van der Waals surface area contributed by atoms with Crippen LogP contribution in [0.25, 0.3) is 22.0 Å². The Morgan fingerprint density at radius 1 is 0.850 bits per heavy atom. The highest BCUT2D eigenvalue weighted by molar-refractivity contribution is 5.86. The second-order valence-electron chi connectivity index (χ2n) is 4.47. The third-order valence-corrected chi connectivity index (χ3v) is 3.26. The Labute approximate surface area is 117 Å². The van der Waals surface area contributed by atoms with E-state index in [0.717, 1.165) is 27.8 Å². The summed E-state index contributed by atoms with van der Waals surface area (Å²) in [6.07, 6.45) is 0. The summed E-state index contributed by atoms with van der Waals surface area (Å²) in [5, 5.41) is 1.09. The van der Waals surface area contributed by atoms with Crippen LogP contribution in [0.2, 0.25) is 0 Å². The molecule has 0 aliphatic heterocycles. The average molecular weight is 265 g/mol. The van der Waals surface area contributed by atoms with Crippen molar-refractivity contribution in [1.82, 2.24) is 4.98 Å². The molecule has 3 aromatic rings. The van der Waals surface area contributed by atoms with Crippen molar-refractivity contribution in [1.29, 1.82) is 0 Å². The molecule has 0 fully saturated rings. The Morgan fingerprint density at radius 3 is 2.50 bits per heavy atom. The van der Waals surface area contributed by atoms with Crippen LogP contribution >= 0.6 is 0 Å².